The van der Waals surface area contributed by atoms with Gasteiger partial charge in [0.15, 0.2) is 0 Å². The number of pyridine rings is 2. The molecule has 0 amide bonds. The molecule has 4 rings (SSSR count). The van der Waals surface area contributed by atoms with Crippen molar-refractivity contribution in [3.05, 3.63) is 87.5 Å². The molecule has 0 fully saturated rings. The fourth-order valence-electron chi connectivity index (χ4n) is 3.45. The maximum atomic E-state index is 12.6. The van der Waals surface area contributed by atoms with Crippen LogP contribution in [0.25, 0.3) is 21.7 Å². The highest BCUT2D eigenvalue weighted by Crippen LogP contribution is 2.24. The van der Waals surface area contributed by atoms with Gasteiger partial charge in [0.25, 0.3) is 5.56 Å². The average molecular weight is 402 g/mol. The van der Waals surface area contributed by atoms with E-state index < -0.39 is 11.9 Å². The summed E-state index contributed by atoms with van der Waals surface area (Å²) in [5, 5.41) is 1.92. The molecule has 2 aromatic heterocycles. The Bertz CT molecular complexity index is 1360. The first-order chi connectivity index (χ1) is 14.5. The lowest BCUT2D eigenvalue weighted by Gasteiger charge is -2.13. The summed E-state index contributed by atoms with van der Waals surface area (Å²) in [5.41, 5.74) is 1.56. The molecule has 30 heavy (non-hydrogen) atoms. The number of aryl methyl sites for hydroxylation is 1. The Hall–Kier alpha value is -4.00. The van der Waals surface area contributed by atoms with Crippen molar-refractivity contribution in [3.63, 3.8) is 0 Å². The van der Waals surface area contributed by atoms with Crippen LogP contribution in [-0.4, -0.2) is 29.0 Å². The van der Waals surface area contributed by atoms with Gasteiger partial charge in [-0.2, -0.15) is 0 Å². The molecular weight excluding hydrogens is 384 g/mol. The predicted octanol–water partition coefficient (Wildman–Crippen LogP) is 3.53. The Balaban J connectivity index is 1.69. The standard InChI is InChI=1S/C23H18N2O5/c1-13-15-8-5-6-10-17(15)24-19(20(13)23(28)29-2)12-30-22(27)18-11-14-7-3-4-9-16(14)21(26)25-18/h3-11H,12H2,1-2H3,(H,25,26). The SMILES string of the molecule is COC(=O)c1c(COC(=O)c2cc3ccccc3c(=O)[nH]2)nc2ccccc2c1C. The van der Waals surface area contributed by atoms with Crippen LogP contribution in [0.15, 0.2) is 59.4 Å². The summed E-state index contributed by atoms with van der Waals surface area (Å²) in [5.74, 6) is -1.28. The van der Waals surface area contributed by atoms with Crippen LogP contribution in [0.1, 0.15) is 32.1 Å². The summed E-state index contributed by atoms with van der Waals surface area (Å²) in [4.78, 5) is 44.2. The molecule has 0 atom stereocenters. The highest BCUT2D eigenvalue weighted by Gasteiger charge is 2.21. The van der Waals surface area contributed by atoms with Gasteiger partial charge < -0.3 is 14.5 Å². The monoisotopic (exact) mass is 402 g/mol. The van der Waals surface area contributed by atoms with Gasteiger partial charge in [0.1, 0.15) is 12.3 Å². The third-order valence-electron chi connectivity index (χ3n) is 4.93. The number of hydrogen-bond donors (Lipinski definition) is 1. The Morgan fingerprint density at radius 2 is 1.70 bits per heavy atom. The van der Waals surface area contributed by atoms with Crippen LogP contribution in [0.2, 0.25) is 0 Å². The number of aromatic amines is 1. The van der Waals surface area contributed by atoms with E-state index in [1.165, 1.54) is 7.11 Å². The third-order valence-corrected chi connectivity index (χ3v) is 4.93. The van der Waals surface area contributed by atoms with Gasteiger partial charge in [0, 0.05) is 10.8 Å². The van der Waals surface area contributed by atoms with Gasteiger partial charge in [-0.25, -0.2) is 14.6 Å². The minimum Gasteiger partial charge on any atom is -0.465 e. The maximum absolute atomic E-state index is 12.6. The molecular formula is C23H18N2O5. The number of nitrogens with zero attached hydrogens (tertiary/aromatic N) is 1. The van der Waals surface area contributed by atoms with Crippen molar-refractivity contribution >= 4 is 33.6 Å². The summed E-state index contributed by atoms with van der Waals surface area (Å²) >= 11 is 0. The second kappa shape index (κ2) is 7.79. The fraction of sp³-hybridized carbons (Fsp3) is 0.130. The van der Waals surface area contributed by atoms with Crippen molar-refractivity contribution in [1.29, 1.82) is 0 Å². The molecule has 0 saturated carbocycles. The van der Waals surface area contributed by atoms with E-state index in [0.717, 1.165) is 5.39 Å². The lowest BCUT2D eigenvalue weighted by Crippen LogP contribution is -2.17. The van der Waals surface area contributed by atoms with Gasteiger partial charge in [0.2, 0.25) is 0 Å². The normalized spacial score (nSPS) is 10.9. The van der Waals surface area contributed by atoms with Crippen molar-refractivity contribution in [3.8, 4) is 0 Å². The quantitative estimate of drug-likeness (QED) is 0.525. The molecule has 4 aromatic rings. The Morgan fingerprint density at radius 1 is 1.00 bits per heavy atom. The van der Waals surface area contributed by atoms with Gasteiger partial charge >= 0.3 is 11.9 Å². The molecule has 150 valence electrons. The lowest BCUT2D eigenvalue weighted by molar-refractivity contribution is 0.0449. The minimum absolute atomic E-state index is 0.0239. The summed E-state index contributed by atoms with van der Waals surface area (Å²) in [6.45, 7) is 1.55. The second-order valence-electron chi connectivity index (χ2n) is 6.74. The number of esters is 2. The van der Waals surface area contributed by atoms with Crippen LogP contribution < -0.4 is 5.56 Å². The zero-order valence-corrected chi connectivity index (χ0v) is 16.4. The molecule has 0 aliphatic rings. The Morgan fingerprint density at radius 3 is 2.47 bits per heavy atom. The fourth-order valence-corrected chi connectivity index (χ4v) is 3.45. The summed E-state index contributed by atoms with van der Waals surface area (Å²) < 4.78 is 10.3. The average Bonchev–Trinajstić information content (AvgIpc) is 2.77. The van der Waals surface area contributed by atoms with E-state index in [9.17, 15) is 14.4 Å². The molecule has 0 aliphatic heterocycles. The number of para-hydroxylation sites is 1. The Kier molecular flexibility index (Phi) is 5.02. The largest absolute Gasteiger partial charge is 0.465 e. The molecule has 0 spiro atoms. The number of fused-ring (bicyclic) bond motifs is 2. The number of carbonyl (C=O) groups is 2. The van der Waals surface area contributed by atoms with E-state index in [1.807, 2.05) is 24.3 Å². The van der Waals surface area contributed by atoms with Gasteiger partial charge in [-0.1, -0.05) is 36.4 Å². The van der Waals surface area contributed by atoms with E-state index in [-0.39, 0.29) is 29.1 Å². The van der Waals surface area contributed by atoms with Gasteiger partial charge in [-0.3, -0.25) is 4.79 Å². The van der Waals surface area contributed by atoms with E-state index in [2.05, 4.69) is 9.97 Å². The first-order valence-corrected chi connectivity index (χ1v) is 9.25. The number of H-pyrrole nitrogens is 1. The molecule has 0 bridgehead atoms. The molecule has 0 aliphatic carbocycles. The van der Waals surface area contributed by atoms with Crippen molar-refractivity contribution in [2.45, 2.75) is 13.5 Å². The molecule has 1 N–H and O–H groups in total. The molecule has 2 aromatic carbocycles. The van der Waals surface area contributed by atoms with Crippen LogP contribution in [0.3, 0.4) is 0 Å². The second-order valence-corrected chi connectivity index (χ2v) is 6.74. The van der Waals surface area contributed by atoms with Crippen LogP contribution in [0, 0.1) is 6.92 Å². The first kappa shape index (κ1) is 19.3. The number of ether oxygens (including phenoxy) is 2. The summed E-state index contributed by atoms with van der Waals surface area (Å²) in [6, 6.07) is 15.9. The number of nitrogens with one attached hydrogen (secondary N) is 1. The zero-order chi connectivity index (χ0) is 21.3. The molecule has 0 saturated heterocycles. The lowest BCUT2D eigenvalue weighted by atomic mass is 10.0. The molecule has 7 heteroatoms. The number of aromatic nitrogens is 2. The van der Waals surface area contributed by atoms with E-state index in [4.69, 9.17) is 9.47 Å². The van der Waals surface area contributed by atoms with Crippen LogP contribution in [0.4, 0.5) is 0 Å². The summed E-state index contributed by atoms with van der Waals surface area (Å²) in [7, 11) is 1.28. The van der Waals surface area contributed by atoms with Crippen molar-refractivity contribution in [2.24, 2.45) is 0 Å². The van der Waals surface area contributed by atoms with E-state index >= 15 is 0 Å². The van der Waals surface area contributed by atoms with Crippen molar-refractivity contribution < 1.29 is 19.1 Å². The Labute approximate surface area is 171 Å². The number of rotatable bonds is 4. The molecule has 7 nitrogen and oxygen atoms in total. The van der Waals surface area contributed by atoms with E-state index in [1.54, 1.807) is 37.3 Å². The zero-order valence-electron chi connectivity index (χ0n) is 16.4. The third kappa shape index (κ3) is 3.41. The maximum Gasteiger partial charge on any atom is 0.355 e. The minimum atomic E-state index is -0.721. The highest BCUT2D eigenvalue weighted by atomic mass is 16.5. The van der Waals surface area contributed by atoms with Gasteiger partial charge in [-0.15, -0.1) is 0 Å². The molecule has 0 radical (unpaired) electrons. The van der Waals surface area contributed by atoms with Gasteiger partial charge in [0.05, 0.1) is 23.9 Å². The predicted molar refractivity (Wildman–Crippen MR) is 112 cm³/mol. The van der Waals surface area contributed by atoms with E-state index in [0.29, 0.717) is 21.9 Å². The molecule has 2 heterocycles. The smallest absolute Gasteiger partial charge is 0.355 e. The number of methoxy groups -OCH3 is 1. The van der Waals surface area contributed by atoms with Gasteiger partial charge in [-0.05, 0) is 36.1 Å². The van der Waals surface area contributed by atoms with Crippen molar-refractivity contribution in [2.75, 3.05) is 7.11 Å². The van der Waals surface area contributed by atoms with Crippen LogP contribution in [0.5, 0.6) is 0 Å². The topological polar surface area (TPSA) is 98.4 Å². The number of benzene rings is 2. The molecule has 0 unspecified atom stereocenters. The highest BCUT2D eigenvalue weighted by molar-refractivity contribution is 5.98. The van der Waals surface area contributed by atoms with Crippen molar-refractivity contribution in [1.82, 2.24) is 9.97 Å². The number of carbonyl (C=O) groups excluding carboxylic acids is 2. The van der Waals surface area contributed by atoms with Crippen LogP contribution in [-0.2, 0) is 16.1 Å². The summed E-state index contributed by atoms with van der Waals surface area (Å²) in [6.07, 6.45) is 0. The number of hydrogen-bond acceptors (Lipinski definition) is 6. The van der Waals surface area contributed by atoms with Crippen LogP contribution >= 0.6 is 0 Å². The first-order valence-electron chi connectivity index (χ1n) is 9.25.